The molecule has 0 saturated carbocycles. The number of nitrogens with one attached hydrogen (secondary N) is 4. The van der Waals surface area contributed by atoms with E-state index in [9.17, 15) is 53.9 Å². The zero-order valence-electron chi connectivity index (χ0n) is 45.3. The third-order valence-electron chi connectivity index (χ3n) is 13.5. The number of nitrogens with zero attached hydrogens (tertiary/aromatic N) is 7. The molecule has 0 spiro atoms. The molecule has 0 fully saturated rings. The molecule has 0 radical (unpaired) electrons. The fourth-order valence-electron chi connectivity index (χ4n) is 9.11. The van der Waals surface area contributed by atoms with Gasteiger partial charge in [0.25, 0.3) is 17.7 Å². The van der Waals surface area contributed by atoms with Gasteiger partial charge >= 0.3 is 18.5 Å². The molecule has 87 heavy (non-hydrogen) atoms. The van der Waals surface area contributed by atoms with Crippen LogP contribution in [0.3, 0.4) is 0 Å². The molecule has 6 aromatic carbocycles. The molecule has 0 saturated heterocycles. The summed E-state index contributed by atoms with van der Waals surface area (Å²) in [6.07, 6.45) is -10.2. The van der Waals surface area contributed by atoms with Gasteiger partial charge in [-0.3, -0.25) is 33.5 Å². The Bertz CT molecular complexity index is 3980. The van der Waals surface area contributed by atoms with E-state index >= 15 is 0 Å². The van der Waals surface area contributed by atoms with E-state index in [2.05, 4.69) is 57.4 Å². The lowest BCUT2D eigenvalue weighted by Crippen LogP contribution is -2.13. The minimum Gasteiger partial charge on any atom is -0.469 e. The van der Waals surface area contributed by atoms with Crippen molar-refractivity contribution in [3.8, 4) is 0 Å². The number of hydrogen-bond donors (Lipinski definition) is 4. The average molecular weight is 1280 g/mol. The lowest BCUT2D eigenvalue weighted by atomic mass is 10.1. The van der Waals surface area contributed by atoms with Crippen molar-refractivity contribution in [3.63, 3.8) is 0 Å². The first-order valence-corrected chi connectivity index (χ1v) is 27.8. The number of halogens is 10. The Morgan fingerprint density at radius 1 is 0.494 bits per heavy atom. The Balaban J connectivity index is 0.000000144. The number of rotatable bonds is 12. The summed E-state index contributed by atoms with van der Waals surface area (Å²) in [5.41, 5.74) is 4.15. The first-order chi connectivity index (χ1) is 41.5. The number of hydrogen-bond acceptors (Lipinski definition) is 9. The van der Waals surface area contributed by atoms with E-state index in [4.69, 9.17) is 4.42 Å². The van der Waals surface area contributed by atoms with Crippen molar-refractivity contribution in [2.24, 2.45) is 0 Å². The zero-order chi connectivity index (χ0) is 61.8. The first-order valence-electron chi connectivity index (χ1n) is 26.0. The highest BCUT2D eigenvalue weighted by Gasteiger charge is 2.32. The van der Waals surface area contributed by atoms with E-state index in [1.807, 2.05) is 78.2 Å². The van der Waals surface area contributed by atoms with Crippen LogP contribution in [0.2, 0.25) is 0 Å². The third kappa shape index (κ3) is 14.0. The standard InChI is InChI=1S/C21H16F3N3O2.C20H13BrF3N3OS.C20H16F3N5O/c1-13-16(10-11-29-13)20(28)25-19-17-4-2-3-5-18(17)27(26-19)12-14-6-8-15(9-7-14)21(22,23)24;21-16-11-29-10-15(16)19(28)25-18-14-3-1-2-4-17(14)27(26-18)9-12-5-7-13(8-6-12)20(22,23)24;1-12-16(10-24-26-12)19(29)25-18-15-4-2-3-5-17(15)28(27-18)11-13-6-8-14(9-7-13)20(21,22)23/h2-11H,12H2,1H3,(H,25,26,28);1-8,10-11H,9H2,(H,25,26,28);2-10H,11H2,1H3,(H,24,26)(H,25,27,29). The zero-order valence-corrected chi connectivity index (χ0v) is 47.7. The summed E-state index contributed by atoms with van der Waals surface area (Å²) < 4.78 is 126. The number of fused-ring (bicyclic) bond motifs is 3. The van der Waals surface area contributed by atoms with Crippen molar-refractivity contribution in [1.82, 2.24) is 39.5 Å². The minimum absolute atomic E-state index is 0.263. The fourth-order valence-corrected chi connectivity index (χ4v) is 10.6. The van der Waals surface area contributed by atoms with E-state index in [1.165, 1.54) is 60.2 Å². The number of aryl methyl sites for hydroxylation is 2. The van der Waals surface area contributed by atoms with Gasteiger partial charge in [-0.2, -0.15) is 71.2 Å². The average Bonchev–Trinajstić information content (AvgIpc) is 2.06. The fraction of sp³-hybridized carbons (Fsp3) is 0.131. The van der Waals surface area contributed by atoms with Gasteiger partial charge in [0.05, 0.1) is 82.0 Å². The van der Waals surface area contributed by atoms with Crippen molar-refractivity contribution in [1.29, 1.82) is 0 Å². The quantitative estimate of drug-likeness (QED) is 0.0872. The lowest BCUT2D eigenvalue weighted by molar-refractivity contribution is -0.138. The van der Waals surface area contributed by atoms with Crippen molar-refractivity contribution >= 4 is 95.2 Å². The van der Waals surface area contributed by atoms with Gasteiger partial charge in [-0.1, -0.05) is 72.8 Å². The summed E-state index contributed by atoms with van der Waals surface area (Å²) in [4.78, 5) is 37.6. The normalized spacial score (nSPS) is 11.7. The molecular weight excluding hydrogens is 1230 g/mol. The van der Waals surface area contributed by atoms with E-state index < -0.39 is 35.2 Å². The second kappa shape index (κ2) is 25.0. The molecule has 6 heterocycles. The summed E-state index contributed by atoms with van der Waals surface area (Å²) >= 11 is 4.75. The van der Waals surface area contributed by atoms with Crippen LogP contribution in [0.5, 0.6) is 0 Å². The molecule has 0 aliphatic rings. The summed E-state index contributed by atoms with van der Waals surface area (Å²) in [7, 11) is 0. The molecule has 12 rings (SSSR count). The number of furan rings is 1. The molecule has 6 aromatic heterocycles. The molecule has 15 nitrogen and oxygen atoms in total. The van der Waals surface area contributed by atoms with Crippen LogP contribution in [0.25, 0.3) is 32.7 Å². The van der Waals surface area contributed by atoms with Gasteiger partial charge in [-0.05, 0) is 125 Å². The number of amides is 3. The predicted molar refractivity (Wildman–Crippen MR) is 313 cm³/mol. The molecule has 0 unspecified atom stereocenters. The minimum atomic E-state index is -4.38. The highest BCUT2D eigenvalue weighted by molar-refractivity contribution is 9.10. The Labute approximate surface area is 499 Å². The van der Waals surface area contributed by atoms with Crippen LogP contribution in [-0.2, 0) is 38.2 Å². The second-order valence-corrected chi connectivity index (χ2v) is 21.0. The summed E-state index contributed by atoms with van der Waals surface area (Å²) in [5.74, 6) is 0.660. The first kappa shape index (κ1) is 60.3. The molecule has 12 aromatic rings. The van der Waals surface area contributed by atoms with Crippen molar-refractivity contribution < 1.29 is 58.3 Å². The van der Waals surface area contributed by atoms with Crippen LogP contribution in [-0.4, -0.2) is 57.3 Å². The van der Waals surface area contributed by atoms with Crippen molar-refractivity contribution in [3.05, 3.63) is 241 Å². The summed E-state index contributed by atoms with van der Waals surface area (Å²) in [6, 6.07) is 38.4. The highest BCUT2D eigenvalue weighted by Crippen LogP contribution is 2.34. The Morgan fingerprint density at radius 3 is 1.16 bits per heavy atom. The Kier molecular flexibility index (Phi) is 17.3. The highest BCUT2D eigenvalue weighted by atomic mass is 79.9. The summed E-state index contributed by atoms with van der Waals surface area (Å²) in [5, 5.41) is 34.1. The number of carbonyl (C=O) groups excluding carboxylic acids is 3. The van der Waals surface area contributed by atoms with E-state index in [1.54, 1.807) is 39.3 Å². The molecule has 4 N–H and O–H groups in total. The van der Waals surface area contributed by atoms with Gasteiger partial charge in [0, 0.05) is 37.1 Å². The van der Waals surface area contributed by atoms with Gasteiger partial charge in [0.2, 0.25) is 0 Å². The number of thiophene rings is 1. The number of aromatic amines is 1. The molecular formula is C61H45BrF9N11O4S. The number of alkyl halides is 9. The van der Waals surface area contributed by atoms with Crippen molar-refractivity contribution in [2.45, 2.75) is 52.0 Å². The SMILES string of the molecule is Cc1[nH]ncc1C(=O)Nc1nn(Cc2ccc(C(F)(F)F)cc2)c2ccccc12.Cc1occc1C(=O)Nc1nn(Cc2ccc(C(F)(F)F)cc2)c2ccccc12.O=C(Nc1nn(Cc2ccc(C(F)(F)F)cc2)c2ccccc12)c1cscc1Br. The lowest BCUT2D eigenvalue weighted by Gasteiger charge is -2.08. The van der Waals surface area contributed by atoms with Gasteiger partial charge < -0.3 is 20.4 Å². The monoisotopic (exact) mass is 1280 g/mol. The van der Waals surface area contributed by atoms with Crippen LogP contribution in [0.1, 0.15) is 75.9 Å². The molecule has 0 bridgehead atoms. The Morgan fingerprint density at radius 2 is 0.851 bits per heavy atom. The Hall–Kier alpha value is -9.82. The maximum absolute atomic E-state index is 12.8. The predicted octanol–water partition coefficient (Wildman–Crippen LogP) is 15.8. The molecule has 3 amide bonds. The molecule has 0 aliphatic carbocycles. The van der Waals surface area contributed by atoms with Gasteiger partial charge in [0.1, 0.15) is 5.76 Å². The number of H-pyrrole nitrogens is 1. The molecule has 26 heteroatoms. The van der Waals surface area contributed by atoms with Crippen LogP contribution in [0, 0.1) is 13.8 Å². The second-order valence-electron chi connectivity index (χ2n) is 19.4. The number of para-hydroxylation sites is 3. The smallest absolute Gasteiger partial charge is 0.416 e. The maximum Gasteiger partial charge on any atom is 0.416 e. The maximum atomic E-state index is 12.8. The third-order valence-corrected chi connectivity index (χ3v) is 15.3. The number of anilines is 3. The summed E-state index contributed by atoms with van der Waals surface area (Å²) in [6.45, 7) is 4.23. The van der Waals surface area contributed by atoms with Crippen LogP contribution in [0.4, 0.5) is 57.0 Å². The number of aromatic nitrogens is 8. The van der Waals surface area contributed by atoms with Gasteiger partial charge in [0.15, 0.2) is 17.5 Å². The topological polar surface area (TPSA) is 183 Å². The van der Waals surface area contributed by atoms with Crippen molar-refractivity contribution in [2.75, 3.05) is 16.0 Å². The van der Waals surface area contributed by atoms with Gasteiger partial charge in [-0.15, -0.1) is 0 Å². The van der Waals surface area contributed by atoms with Crippen LogP contribution >= 0.6 is 27.3 Å². The number of benzene rings is 6. The van der Waals surface area contributed by atoms with Gasteiger partial charge in [-0.25, -0.2) is 0 Å². The molecule has 0 aliphatic heterocycles. The molecule has 0 atom stereocenters. The van der Waals surface area contributed by atoms with Crippen LogP contribution < -0.4 is 16.0 Å². The van der Waals surface area contributed by atoms with E-state index in [0.717, 1.165) is 69.1 Å². The van der Waals surface area contributed by atoms with E-state index in [0.29, 0.717) is 66.8 Å². The van der Waals surface area contributed by atoms with Crippen LogP contribution in [0.15, 0.2) is 184 Å². The number of carbonyl (C=O) groups is 3. The van der Waals surface area contributed by atoms with E-state index in [-0.39, 0.29) is 37.4 Å². The molecule has 444 valence electrons. The largest absolute Gasteiger partial charge is 0.469 e.